The van der Waals surface area contributed by atoms with Gasteiger partial charge in [0.05, 0.1) is 6.20 Å². The molecule has 0 aliphatic heterocycles. The molecule has 4 nitrogen and oxygen atoms in total. The second-order valence-corrected chi connectivity index (χ2v) is 4.30. The third-order valence-corrected chi connectivity index (χ3v) is 2.60. The van der Waals surface area contributed by atoms with E-state index in [2.05, 4.69) is 34.4 Å². The highest BCUT2D eigenvalue weighted by Gasteiger charge is 2.05. The third kappa shape index (κ3) is 5.29. The van der Waals surface area contributed by atoms with E-state index in [-0.39, 0.29) is 0 Å². The Balaban J connectivity index is 2.42. The molecule has 1 heterocycles. The summed E-state index contributed by atoms with van der Waals surface area (Å²) in [5.41, 5.74) is 0. The maximum atomic E-state index is 13.5. The Morgan fingerprint density at radius 1 is 1.06 bits per heavy atom. The van der Waals surface area contributed by atoms with Crippen molar-refractivity contribution in [3.05, 3.63) is 12.0 Å². The highest BCUT2D eigenvalue weighted by molar-refractivity contribution is 5.40. The second-order valence-electron chi connectivity index (χ2n) is 4.30. The van der Waals surface area contributed by atoms with Gasteiger partial charge >= 0.3 is 0 Å². The van der Waals surface area contributed by atoms with E-state index in [1.165, 1.54) is 19.0 Å². The topological polar surface area (TPSA) is 49.8 Å². The van der Waals surface area contributed by atoms with Gasteiger partial charge in [-0.15, -0.1) is 0 Å². The van der Waals surface area contributed by atoms with Gasteiger partial charge in [-0.25, -0.2) is 9.37 Å². The molecular formula is C13H23FN4. The number of hydrogen-bond acceptors (Lipinski definition) is 4. The molecule has 1 aromatic rings. The van der Waals surface area contributed by atoms with E-state index in [1.54, 1.807) is 0 Å². The van der Waals surface area contributed by atoms with Gasteiger partial charge in [-0.2, -0.15) is 4.98 Å². The van der Waals surface area contributed by atoms with Gasteiger partial charge in [-0.1, -0.05) is 33.1 Å². The smallest absolute Gasteiger partial charge is 0.224 e. The SMILES string of the molecule is CCCCCCNc1nc(NCCC)ncc1F. The average Bonchev–Trinajstić information content (AvgIpc) is 2.39. The number of nitrogens with zero attached hydrogens (tertiary/aromatic N) is 2. The van der Waals surface area contributed by atoms with E-state index in [1.807, 2.05) is 0 Å². The number of nitrogens with one attached hydrogen (secondary N) is 2. The molecule has 102 valence electrons. The standard InChI is InChI=1S/C13H23FN4/c1-3-5-6-7-9-15-12-11(14)10-17-13(18-12)16-8-4-2/h10H,3-9H2,1-2H3,(H2,15,16,17,18). The van der Waals surface area contributed by atoms with Crippen LogP contribution in [0.2, 0.25) is 0 Å². The molecule has 0 atom stereocenters. The summed E-state index contributed by atoms with van der Waals surface area (Å²) in [6, 6.07) is 0. The monoisotopic (exact) mass is 254 g/mol. The minimum absolute atomic E-state index is 0.292. The van der Waals surface area contributed by atoms with Crippen molar-refractivity contribution < 1.29 is 4.39 Å². The molecular weight excluding hydrogens is 231 g/mol. The molecule has 0 radical (unpaired) electrons. The van der Waals surface area contributed by atoms with Crippen molar-refractivity contribution in [2.75, 3.05) is 23.7 Å². The Labute approximate surface area is 108 Å². The van der Waals surface area contributed by atoms with Crippen LogP contribution in [0.15, 0.2) is 6.20 Å². The van der Waals surface area contributed by atoms with Crippen LogP contribution in [-0.4, -0.2) is 23.1 Å². The number of aromatic nitrogens is 2. The van der Waals surface area contributed by atoms with Gasteiger partial charge in [0.2, 0.25) is 5.95 Å². The molecule has 0 aliphatic rings. The predicted molar refractivity (Wildman–Crippen MR) is 73.4 cm³/mol. The van der Waals surface area contributed by atoms with E-state index in [0.717, 1.165) is 32.4 Å². The zero-order valence-electron chi connectivity index (χ0n) is 11.3. The van der Waals surface area contributed by atoms with E-state index in [9.17, 15) is 4.39 Å². The highest BCUT2D eigenvalue weighted by Crippen LogP contribution is 2.12. The zero-order valence-corrected chi connectivity index (χ0v) is 11.3. The van der Waals surface area contributed by atoms with Crippen LogP contribution < -0.4 is 10.6 Å². The minimum Gasteiger partial charge on any atom is -0.367 e. The first-order valence-electron chi connectivity index (χ1n) is 6.78. The van der Waals surface area contributed by atoms with Crippen LogP contribution in [0, 0.1) is 5.82 Å². The lowest BCUT2D eigenvalue weighted by atomic mass is 10.2. The first-order chi connectivity index (χ1) is 8.77. The molecule has 0 aromatic carbocycles. The number of halogens is 1. The summed E-state index contributed by atoms with van der Waals surface area (Å²) in [6.45, 7) is 5.77. The van der Waals surface area contributed by atoms with Crippen molar-refractivity contribution in [3.63, 3.8) is 0 Å². The summed E-state index contributed by atoms with van der Waals surface area (Å²) >= 11 is 0. The van der Waals surface area contributed by atoms with Gasteiger partial charge < -0.3 is 10.6 Å². The number of anilines is 2. The van der Waals surface area contributed by atoms with Crippen LogP contribution in [0.3, 0.4) is 0 Å². The maximum Gasteiger partial charge on any atom is 0.224 e. The fourth-order valence-electron chi connectivity index (χ4n) is 1.57. The van der Waals surface area contributed by atoms with Crippen LogP contribution >= 0.6 is 0 Å². The Hall–Kier alpha value is -1.39. The lowest BCUT2D eigenvalue weighted by Crippen LogP contribution is -2.10. The minimum atomic E-state index is -0.396. The quantitative estimate of drug-likeness (QED) is 0.663. The van der Waals surface area contributed by atoms with Crippen molar-refractivity contribution in [3.8, 4) is 0 Å². The van der Waals surface area contributed by atoms with E-state index in [4.69, 9.17) is 0 Å². The van der Waals surface area contributed by atoms with Crippen LogP contribution in [0.25, 0.3) is 0 Å². The Bertz CT molecular complexity index is 344. The lowest BCUT2D eigenvalue weighted by Gasteiger charge is -2.08. The van der Waals surface area contributed by atoms with Gasteiger partial charge in [0.15, 0.2) is 11.6 Å². The molecule has 0 amide bonds. The van der Waals surface area contributed by atoms with Gasteiger partial charge in [-0.3, -0.25) is 0 Å². The lowest BCUT2D eigenvalue weighted by molar-refractivity contribution is 0.614. The molecule has 0 bridgehead atoms. The Kier molecular flexibility index (Phi) is 7.06. The summed E-state index contributed by atoms with van der Waals surface area (Å²) in [6.07, 6.45) is 6.82. The Morgan fingerprint density at radius 2 is 1.89 bits per heavy atom. The van der Waals surface area contributed by atoms with E-state index < -0.39 is 5.82 Å². The Morgan fingerprint density at radius 3 is 2.61 bits per heavy atom. The second kappa shape index (κ2) is 8.66. The third-order valence-electron chi connectivity index (χ3n) is 2.60. The summed E-state index contributed by atoms with van der Waals surface area (Å²) in [5.74, 6) is 0.377. The van der Waals surface area contributed by atoms with E-state index >= 15 is 0 Å². The van der Waals surface area contributed by atoms with Gasteiger partial charge in [0.25, 0.3) is 0 Å². The molecule has 5 heteroatoms. The fraction of sp³-hybridized carbons (Fsp3) is 0.692. The summed E-state index contributed by atoms with van der Waals surface area (Å²) < 4.78 is 13.5. The van der Waals surface area contributed by atoms with Gasteiger partial charge in [0, 0.05) is 13.1 Å². The molecule has 2 N–H and O–H groups in total. The van der Waals surface area contributed by atoms with Crippen molar-refractivity contribution in [2.24, 2.45) is 0 Å². The molecule has 1 aromatic heterocycles. The summed E-state index contributed by atoms with van der Waals surface area (Å²) in [4.78, 5) is 8.02. The molecule has 18 heavy (non-hydrogen) atoms. The molecule has 0 fully saturated rings. The normalized spacial score (nSPS) is 10.4. The first kappa shape index (κ1) is 14.7. The first-order valence-corrected chi connectivity index (χ1v) is 6.78. The molecule has 1 rings (SSSR count). The predicted octanol–water partition coefficient (Wildman–Crippen LogP) is 3.43. The molecule has 0 saturated heterocycles. The van der Waals surface area contributed by atoms with Crippen LogP contribution in [0.5, 0.6) is 0 Å². The van der Waals surface area contributed by atoms with Gasteiger partial charge in [0.1, 0.15) is 0 Å². The van der Waals surface area contributed by atoms with Crippen LogP contribution in [-0.2, 0) is 0 Å². The van der Waals surface area contributed by atoms with Crippen molar-refractivity contribution in [1.82, 2.24) is 9.97 Å². The fourth-order valence-corrected chi connectivity index (χ4v) is 1.57. The molecule has 0 spiro atoms. The molecule has 0 aliphatic carbocycles. The summed E-state index contributed by atoms with van der Waals surface area (Å²) in [5, 5.41) is 6.07. The van der Waals surface area contributed by atoms with Crippen LogP contribution in [0.4, 0.5) is 16.2 Å². The zero-order chi connectivity index (χ0) is 13.2. The summed E-state index contributed by atoms with van der Waals surface area (Å²) in [7, 11) is 0. The average molecular weight is 254 g/mol. The van der Waals surface area contributed by atoms with Crippen molar-refractivity contribution >= 4 is 11.8 Å². The largest absolute Gasteiger partial charge is 0.367 e. The molecule has 0 saturated carbocycles. The maximum absolute atomic E-state index is 13.5. The number of unbranched alkanes of at least 4 members (excludes halogenated alkanes) is 3. The number of hydrogen-bond donors (Lipinski definition) is 2. The molecule has 0 unspecified atom stereocenters. The van der Waals surface area contributed by atoms with Gasteiger partial charge in [-0.05, 0) is 12.8 Å². The van der Waals surface area contributed by atoms with Crippen molar-refractivity contribution in [1.29, 1.82) is 0 Å². The van der Waals surface area contributed by atoms with Crippen LogP contribution in [0.1, 0.15) is 46.0 Å². The highest BCUT2D eigenvalue weighted by atomic mass is 19.1. The van der Waals surface area contributed by atoms with Crippen molar-refractivity contribution in [2.45, 2.75) is 46.0 Å². The van der Waals surface area contributed by atoms with E-state index in [0.29, 0.717) is 11.8 Å². The number of rotatable bonds is 9.